The van der Waals surface area contributed by atoms with Crippen molar-refractivity contribution < 1.29 is 19.5 Å². The minimum Gasteiger partial charge on any atom is -0.481 e. The summed E-state index contributed by atoms with van der Waals surface area (Å²) in [5.74, 6) is -2.41. The molecule has 2 fully saturated rings. The number of benzene rings is 1. The summed E-state index contributed by atoms with van der Waals surface area (Å²) in [6, 6.07) is 7.09. The lowest BCUT2D eigenvalue weighted by Crippen LogP contribution is -2.49. The molecular weight excluding hydrogens is 322 g/mol. The normalized spacial score (nSPS) is 24.7. The van der Waals surface area contributed by atoms with Crippen LogP contribution in [0.4, 0.5) is 5.69 Å². The first-order chi connectivity index (χ1) is 11.7. The molecule has 1 aliphatic heterocycles. The van der Waals surface area contributed by atoms with Gasteiger partial charge in [-0.2, -0.15) is 0 Å². The number of hydrogen-bond acceptors (Lipinski definition) is 4. The summed E-state index contributed by atoms with van der Waals surface area (Å²) in [5.41, 5.74) is 6.22. The second-order valence-corrected chi connectivity index (χ2v) is 7.34. The van der Waals surface area contributed by atoms with Gasteiger partial charge < -0.3 is 20.6 Å². The highest BCUT2D eigenvalue weighted by molar-refractivity contribution is 5.93. The monoisotopic (exact) mass is 345 g/mol. The number of carbonyl (C=O) groups excluding carboxylic acids is 2. The summed E-state index contributed by atoms with van der Waals surface area (Å²) < 4.78 is 0. The first-order valence-electron chi connectivity index (χ1n) is 8.40. The van der Waals surface area contributed by atoms with Gasteiger partial charge in [0.15, 0.2) is 0 Å². The van der Waals surface area contributed by atoms with Crippen molar-refractivity contribution in [2.45, 2.75) is 13.8 Å². The molecule has 1 aliphatic carbocycles. The number of primary amides is 1. The van der Waals surface area contributed by atoms with E-state index >= 15 is 0 Å². The van der Waals surface area contributed by atoms with Crippen molar-refractivity contribution in [2.75, 3.05) is 31.1 Å². The third-order valence-electron chi connectivity index (χ3n) is 5.47. The fourth-order valence-electron chi connectivity index (χ4n) is 3.78. The molecule has 0 aromatic heterocycles. The summed E-state index contributed by atoms with van der Waals surface area (Å²) in [6.45, 7) is 6.15. The van der Waals surface area contributed by atoms with Crippen molar-refractivity contribution in [1.29, 1.82) is 0 Å². The first-order valence-corrected chi connectivity index (χ1v) is 8.40. The smallest absolute Gasteiger partial charge is 0.307 e. The van der Waals surface area contributed by atoms with Crippen molar-refractivity contribution in [3.8, 4) is 0 Å². The molecule has 1 aromatic carbocycles. The molecule has 1 saturated carbocycles. The molecule has 2 amide bonds. The van der Waals surface area contributed by atoms with Crippen LogP contribution in [0.25, 0.3) is 0 Å². The van der Waals surface area contributed by atoms with Gasteiger partial charge in [-0.1, -0.05) is 13.8 Å². The Morgan fingerprint density at radius 3 is 2.04 bits per heavy atom. The second kappa shape index (κ2) is 6.06. The van der Waals surface area contributed by atoms with E-state index in [0.717, 1.165) is 5.69 Å². The Balaban J connectivity index is 1.60. The Bertz CT molecular complexity index is 706. The molecule has 0 radical (unpaired) electrons. The lowest BCUT2D eigenvalue weighted by molar-refractivity contribution is -0.142. The fraction of sp³-hybridized carbons (Fsp3) is 0.500. The summed E-state index contributed by atoms with van der Waals surface area (Å²) in [6.07, 6.45) is 0. The summed E-state index contributed by atoms with van der Waals surface area (Å²) in [5, 5.41) is 9.25. The van der Waals surface area contributed by atoms with Gasteiger partial charge in [-0.05, 0) is 29.7 Å². The minimum absolute atomic E-state index is 0.0545. The molecule has 1 saturated heterocycles. The number of amides is 2. The Hall–Kier alpha value is -2.57. The summed E-state index contributed by atoms with van der Waals surface area (Å²) >= 11 is 0. The SMILES string of the molecule is CC1(C)[C@H](C(=O)O)[C@@H]1C(=O)N1CCN(c2ccc(C(N)=O)cc2)CC1. The van der Waals surface area contributed by atoms with E-state index in [0.29, 0.717) is 31.7 Å². The molecule has 25 heavy (non-hydrogen) atoms. The van der Waals surface area contributed by atoms with E-state index in [1.807, 2.05) is 26.0 Å². The largest absolute Gasteiger partial charge is 0.481 e. The van der Waals surface area contributed by atoms with Gasteiger partial charge in [0.05, 0.1) is 11.8 Å². The van der Waals surface area contributed by atoms with Crippen molar-refractivity contribution >= 4 is 23.5 Å². The zero-order valence-corrected chi connectivity index (χ0v) is 14.4. The lowest BCUT2D eigenvalue weighted by Gasteiger charge is -2.36. The number of anilines is 1. The quantitative estimate of drug-likeness (QED) is 0.840. The molecule has 3 rings (SSSR count). The van der Waals surface area contributed by atoms with Gasteiger partial charge in [-0.15, -0.1) is 0 Å². The van der Waals surface area contributed by atoms with E-state index in [-0.39, 0.29) is 5.91 Å². The van der Waals surface area contributed by atoms with Crippen LogP contribution in [-0.2, 0) is 9.59 Å². The van der Waals surface area contributed by atoms with Gasteiger partial charge >= 0.3 is 5.97 Å². The van der Waals surface area contributed by atoms with Crippen LogP contribution >= 0.6 is 0 Å². The molecule has 1 aromatic rings. The summed E-state index contributed by atoms with van der Waals surface area (Å²) in [4.78, 5) is 39.0. The molecule has 3 N–H and O–H groups in total. The van der Waals surface area contributed by atoms with Crippen LogP contribution in [0.3, 0.4) is 0 Å². The topological polar surface area (TPSA) is 104 Å². The van der Waals surface area contributed by atoms with Crippen LogP contribution in [0.5, 0.6) is 0 Å². The van der Waals surface area contributed by atoms with Crippen molar-refractivity contribution in [2.24, 2.45) is 23.0 Å². The molecule has 0 unspecified atom stereocenters. The van der Waals surface area contributed by atoms with E-state index in [4.69, 9.17) is 5.73 Å². The highest BCUT2D eigenvalue weighted by Crippen LogP contribution is 2.59. The molecule has 0 spiro atoms. The zero-order valence-electron chi connectivity index (χ0n) is 14.4. The number of aliphatic carboxylic acids is 1. The molecule has 2 atom stereocenters. The standard InChI is InChI=1S/C18H23N3O4/c1-18(2)13(14(18)17(24)25)16(23)21-9-7-20(8-10-21)12-5-3-11(4-6-12)15(19)22/h3-6,13-14H,7-10H2,1-2H3,(H2,19,22)(H,24,25)/t13-,14+/m1/s1. The predicted octanol–water partition coefficient (Wildman–Crippen LogP) is 0.791. The predicted molar refractivity (Wildman–Crippen MR) is 92.1 cm³/mol. The molecule has 1 heterocycles. The van der Waals surface area contributed by atoms with Crippen LogP contribution in [0.1, 0.15) is 24.2 Å². The third kappa shape index (κ3) is 3.06. The minimum atomic E-state index is -0.892. The molecule has 7 nitrogen and oxygen atoms in total. The van der Waals surface area contributed by atoms with E-state index in [9.17, 15) is 19.5 Å². The fourth-order valence-corrected chi connectivity index (χ4v) is 3.78. The third-order valence-corrected chi connectivity index (χ3v) is 5.47. The van der Waals surface area contributed by atoms with E-state index < -0.39 is 29.1 Å². The number of carboxylic acid groups (broad SMARTS) is 1. The molecular formula is C18H23N3O4. The average molecular weight is 345 g/mol. The van der Waals surface area contributed by atoms with Crippen LogP contribution in [0.15, 0.2) is 24.3 Å². The number of nitrogens with two attached hydrogens (primary N) is 1. The average Bonchev–Trinajstić information content (AvgIpc) is 3.17. The second-order valence-electron chi connectivity index (χ2n) is 7.34. The zero-order chi connectivity index (χ0) is 18.4. The van der Waals surface area contributed by atoms with Crippen LogP contribution < -0.4 is 10.6 Å². The van der Waals surface area contributed by atoms with Crippen LogP contribution in [-0.4, -0.2) is 54.0 Å². The number of carboxylic acids is 1. The van der Waals surface area contributed by atoms with Gasteiger partial charge in [0.2, 0.25) is 11.8 Å². The molecule has 0 bridgehead atoms. The molecule has 7 heteroatoms. The highest BCUT2D eigenvalue weighted by Gasteiger charge is 2.66. The number of rotatable bonds is 4. The van der Waals surface area contributed by atoms with E-state index in [1.165, 1.54) is 0 Å². The maximum Gasteiger partial charge on any atom is 0.307 e. The maximum absolute atomic E-state index is 12.6. The van der Waals surface area contributed by atoms with Crippen molar-refractivity contribution in [1.82, 2.24) is 4.90 Å². The van der Waals surface area contributed by atoms with Crippen LogP contribution in [0.2, 0.25) is 0 Å². The Kier molecular flexibility index (Phi) is 4.18. The lowest BCUT2D eigenvalue weighted by atomic mass is 10.1. The van der Waals surface area contributed by atoms with Gasteiger partial charge in [-0.3, -0.25) is 14.4 Å². The Morgan fingerprint density at radius 1 is 1.04 bits per heavy atom. The first kappa shape index (κ1) is 17.3. The highest BCUT2D eigenvalue weighted by atomic mass is 16.4. The van der Waals surface area contributed by atoms with Crippen molar-refractivity contribution in [3.63, 3.8) is 0 Å². The number of hydrogen-bond donors (Lipinski definition) is 2. The van der Waals surface area contributed by atoms with Gasteiger partial charge in [0.25, 0.3) is 0 Å². The van der Waals surface area contributed by atoms with E-state index in [1.54, 1.807) is 17.0 Å². The van der Waals surface area contributed by atoms with Gasteiger partial charge in [0.1, 0.15) is 0 Å². The number of piperazine rings is 1. The number of nitrogens with zero attached hydrogens (tertiary/aromatic N) is 2. The maximum atomic E-state index is 12.6. The molecule has 2 aliphatic rings. The van der Waals surface area contributed by atoms with E-state index in [2.05, 4.69) is 4.90 Å². The van der Waals surface area contributed by atoms with Crippen molar-refractivity contribution in [3.05, 3.63) is 29.8 Å². The van der Waals surface area contributed by atoms with Gasteiger partial charge in [0, 0.05) is 37.4 Å². The molecule has 134 valence electrons. The Morgan fingerprint density at radius 2 is 1.60 bits per heavy atom. The number of carbonyl (C=O) groups is 3. The Labute approximate surface area is 146 Å². The van der Waals surface area contributed by atoms with Crippen LogP contribution in [0, 0.1) is 17.3 Å². The summed E-state index contributed by atoms with van der Waals surface area (Å²) in [7, 11) is 0. The van der Waals surface area contributed by atoms with Gasteiger partial charge in [-0.25, -0.2) is 0 Å².